The van der Waals surface area contributed by atoms with Crippen LogP contribution in [-0.4, -0.2) is 22.6 Å². The van der Waals surface area contributed by atoms with Gasteiger partial charge in [0, 0.05) is 12.1 Å². The third kappa shape index (κ3) is 4.06. The van der Waals surface area contributed by atoms with E-state index in [2.05, 4.69) is 48.0 Å². The fourth-order valence-electron chi connectivity index (χ4n) is 3.60. The zero-order valence-electron chi connectivity index (χ0n) is 17.5. The fourth-order valence-corrected chi connectivity index (χ4v) is 3.60. The number of carbonyl (C=O) groups excluding carboxylic acids is 1. The predicted octanol–water partition coefficient (Wildman–Crippen LogP) is 4.64. The van der Waals surface area contributed by atoms with Gasteiger partial charge >= 0.3 is 0 Å². The Kier molecular flexibility index (Phi) is 5.53. The largest absolute Gasteiger partial charge is 0.497 e. The molecule has 5 nitrogen and oxygen atoms in total. The number of imidazole rings is 1. The Bertz CT molecular complexity index is 1210. The van der Waals surface area contributed by atoms with E-state index in [0.717, 1.165) is 16.9 Å². The minimum atomic E-state index is -0.153. The first kappa shape index (κ1) is 19.7. The molecule has 4 rings (SSSR count). The Morgan fingerprint density at radius 2 is 1.87 bits per heavy atom. The number of benzene rings is 3. The first-order valence-electron chi connectivity index (χ1n) is 9.97. The van der Waals surface area contributed by atoms with Gasteiger partial charge in [0.25, 0.3) is 5.91 Å². The van der Waals surface area contributed by atoms with Crippen LogP contribution in [0.1, 0.15) is 32.9 Å². The van der Waals surface area contributed by atoms with Crippen LogP contribution in [0, 0.1) is 13.8 Å². The SMILES string of the molecule is COc1cccc(C(=O)NCc2nc3ccccc3n2Cc2cc(C)ccc2C)c1. The molecule has 0 fully saturated rings. The predicted molar refractivity (Wildman–Crippen MR) is 119 cm³/mol. The second-order valence-corrected chi connectivity index (χ2v) is 7.45. The van der Waals surface area contributed by atoms with Gasteiger partial charge in [-0.1, -0.05) is 42.0 Å². The molecule has 0 atom stereocenters. The van der Waals surface area contributed by atoms with E-state index in [1.807, 2.05) is 30.3 Å². The number of amides is 1. The lowest BCUT2D eigenvalue weighted by Crippen LogP contribution is -2.25. The van der Waals surface area contributed by atoms with Crippen LogP contribution >= 0.6 is 0 Å². The van der Waals surface area contributed by atoms with Crippen molar-refractivity contribution in [2.24, 2.45) is 0 Å². The second-order valence-electron chi connectivity index (χ2n) is 7.45. The van der Waals surface area contributed by atoms with Crippen LogP contribution in [-0.2, 0) is 13.1 Å². The van der Waals surface area contributed by atoms with Gasteiger partial charge in [-0.05, 0) is 55.3 Å². The number of nitrogens with zero attached hydrogens (tertiary/aromatic N) is 2. The van der Waals surface area contributed by atoms with Gasteiger partial charge in [0.2, 0.25) is 0 Å². The molecular formula is C25H25N3O2. The number of aromatic nitrogens is 2. The van der Waals surface area contributed by atoms with Gasteiger partial charge in [-0.2, -0.15) is 0 Å². The number of aryl methyl sites for hydroxylation is 2. The summed E-state index contributed by atoms with van der Waals surface area (Å²) >= 11 is 0. The lowest BCUT2D eigenvalue weighted by atomic mass is 10.1. The maximum atomic E-state index is 12.7. The highest BCUT2D eigenvalue weighted by atomic mass is 16.5. The number of ether oxygens (including phenoxy) is 1. The van der Waals surface area contributed by atoms with Crippen LogP contribution in [0.2, 0.25) is 0 Å². The number of carbonyl (C=O) groups is 1. The smallest absolute Gasteiger partial charge is 0.251 e. The Morgan fingerprint density at radius 1 is 1.03 bits per heavy atom. The minimum absolute atomic E-state index is 0.153. The van der Waals surface area contributed by atoms with Crippen LogP contribution in [0.25, 0.3) is 11.0 Å². The van der Waals surface area contributed by atoms with E-state index < -0.39 is 0 Å². The summed E-state index contributed by atoms with van der Waals surface area (Å²) in [5, 5.41) is 3.00. The van der Waals surface area contributed by atoms with Gasteiger partial charge in [0.15, 0.2) is 0 Å². The van der Waals surface area contributed by atoms with Gasteiger partial charge in [-0.25, -0.2) is 4.98 Å². The topological polar surface area (TPSA) is 56.1 Å². The number of hydrogen-bond acceptors (Lipinski definition) is 3. The van der Waals surface area contributed by atoms with E-state index in [9.17, 15) is 4.79 Å². The van der Waals surface area contributed by atoms with Crippen molar-refractivity contribution in [3.8, 4) is 5.75 Å². The van der Waals surface area contributed by atoms with Crippen molar-refractivity contribution in [1.82, 2.24) is 14.9 Å². The maximum absolute atomic E-state index is 12.7. The Labute approximate surface area is 176 Å². The highest BCUT2D eigenvalue weighted by molar-refractivity contribution is 5.94. The summed E-state index contributed by atoms with van der Waals surface area (Å²) in [7, 11) is 1.59. The number of fused-ring (bicyclic) bond motifs is 1. The third-order valence-electron chi connectivity index (χ3n) is 5.31. The molecule has 5 heteroatoms. The lowest BCUT2D eigenvalue weighted by Gasteiger charge is -2.13. The van der Waals surface area contributed by atoms with Crippen molar-refractivity contribution in [3.05, 3.63) is 94.8 Å². The van der Waals surface area contributed by atoms with E-state index in [4.69, 9.17) is 9.72 Å². The molecule has 0 spiro atoms. The second kappa shape index (κ2) is 8.41. The van der Waals surface area contributed by atoms with E-state index >= 15 is 0 Å². The molecule has 0 aliphatic rings. The highest BCUT2D eigenvalue weighted by Crippen LogP contribution is 2.20. The molecule has 1 N–H and O–H groups in total. The number of para-hydroxylation sites is 2. The number of hydrogen-bond donors (Lipinski definition) is 1. The monoisotopic (exact) mass is 399 g/mol. The summed E-state index contributed by atoms with van der Waals surface area (Å²) < 4.78 is 7.40. The zero-order valence-corrected chi connectivity index (χ0v) is 17.5. The van der Waals surface area contributed by atoms with Crippen LogP contribution < -0.4 is 10.1 Å². The number of methoxy groups -OCH3 is 1. The average molecular weight is 399 g/mol. The zero-order chi connectivity index (χ0) is 21.1. The number of nitrogens with one attached hydrogen (secondary N) is 1. The van der Waals surface area contributed by atoms with E-state index in [-0.39, 0.29) is 5.91 Å². The van der Waals surface area contributed by atoms with Gasteiger partial charge in [-0.3, -0.25) is 4.79 Å². The molecule has 1 heterocycles. The molecule has 152 valence electrons. The molecule has 3 aromatic carbocycles. The molecule has 0 bridgehead atoms. The molecule has 0 aliphatic heterocycles. The van der Waals surface area contributed by atoms with Gasteiger partial charge in [0.1, 0.15) is 11.6 Å². The van der Waals surface area contributed by atoms with Crippen LogP contribution in [0.5, 0.6) is 5.75 Å². The molecular weight excluding hydrogens is 374 g/mol. The molecule has 0 saturated carbocycles. The van der Waals surface area contributed by atoms with Gasteiger partial charge in [-0.15, -0.1) is 0 Å². The summed E-state index contributed by atoms with van der Waals surface area (Å²) in [4.78, 5) is 17.4. The van der Waals surface area contributed by atoms with Crippen molar-refractivity contribution in [2.75, 3.05) is 7.11 Å². The highest BCUT2D eigenvalue weighted by Gasteiger charge is 2.14. The standard InChI is InChI=1S/C25H25N3O2/c1-17-11-12-18(2)20(13-17)16-28-23-10-5-4-9-22(23)27-24(28)15-26-25(29)19-7-6-8-21(14-19)30-3/h4-14H,15-16H2,1-3H3,(H,26,29). The summed E-state index contributed by atoms with van der Waals surface area (Å²) in [6, 6.07) is 21.7. The number of rotatable bonds is 6. The average Bonchev–Trinajstić information content (AvgIpc) is 3.12. The molecule has 0 saturated heterocycles. The molecule has 1 amide bonds. The lowest BCUT2D eigenvalue weighted by molar-refractivity contribution is 0.0949. The van der Waals surface area contributed by atoms with Crippen LogP contribution in [0.4, 0.5) is 0 Å². The Balaban J connectivity index is 1.63. The Morgan fingerprint density at radius 3 is 2.70 bits per heavy atom. The van der Waals surface area contributed by atoms with Crippen LogP contribution in [0.3, 0.4) is 0 Å². The minimum Gasteiger partial charge on any atom is -0.497 e. The summed E-state index contributed by atoms with van der Waals surface area (Å²) in [6.45, 7) is 5.27. The van der Waals surface area contributed by atoms with Crippen molar-refractivity contribution < 1.29 is 9.53 Å². The molecule has 1 aromatic heterocycles. The van der Waals surface area contributed by atoms with E-state index in [0.29, 0.717) is 24.4 Å². The summed E-state index contributed by atoms with van der Waals surface area (Å²) in [5.74, 6) is 1.33. The molecule has 0 unspecified atom stereocenters. The molecule has 0 aliphatic carbocycles. The molecule has 0 radical (unpaired) electrons. The maximum Gasteiger partial charge on any atom is 0.251 e. The Hall–Kier alpha value is -3.60. The van der Waals surface area contributed by atoms with Crippen molar-refractivity contribution >= 4 is 16.9 Å². The van der Waals surface area contributed by atoms with Crippen molar-refractivity contribution in [2.45, 2.75) is 26.9 Å². The van der Waals surface area contributed by atoms with E-state index in [1.165, 1.54) is 16.7 Å². The fraction of sp³-hybridized carbons (Fsp3) is 0.200. The van der Waals surface area contributed by atoms with Crippen LogP contribution in [0.15, 0.2) is 66.7 Å². The summed E-state index contributed by atoms with van der Waals surface area (Å²) in [6.07, 6.45) is 0. The van der Waals surface area contributed by atoms with Gasteiger partial charge < -0.3 is 14.6 Å². The first-order chi connectivity index (χ1) is 14.5. The van der Waals surface area contributed by atoms with Crippen molar-refractivity contribution in [3.63, 3.8) is 0 Å². The normalized spacial score (nSPS) is 10.9. The third-order valence-corrected chi connectivity index (χ3v) is 5.31. The van der Waals surface area contributed by atoms with E-state index in [1.54, 1.807) is 19.2 Å². The van der Waals surface area contributed by atoms with Gasteiger partial charge in [0.05, 0.1) is 24.7 Å². The van der Waals surface area contributed by atoms with Crippen molar-refractivity contribution in [1.29, 1.82) is 0 Å². The molecule has 4 aromatic rings. The summed E-state index contributed by atoms with van der Waals surface area (Å²) in [5.41, 5.74) is 6.26. The quantitative estimate of drug-likeness (QED) is 0.514. The molecule has 30 heavy (non-hydrogen) atoms. The first-order valence-corrected chi connectivity index (χ1v) is 9.97.